The quantitative estimate of drug-likeness (QED) is 0.645. The van der Waals surface area contributed by atoms with E-state index < -0.39 is 0 Å². The Kier molecular flexibility index (Phi) is 3.15. The molecule has 2 rings (SSSR count). The summed E-state index contributed by atoms with van der Waals surface area (Å²) in [5.74, 6) is 0. The Morgan fingerprint density at radius 3 is 2.59 bits per heavy atom. The van der Waals surface area contributed by atoms with E-state index in [1.165, 1.54) is 0 Å². The summed E-state index contributed by atoms with van der Waals surface area (Å²) in [4.78, 5) is 10.9. The van der Waals surface area contributed by atoms with E-state index in [2.05, 4.69) is 0 Å². The Morgan fingerprint density at radius 1 is 1.41 bits per heavy atom. The number of hydrogen-bond acceptors (Lipinski definition) is 3. The van der Waals surface area contributed by atoms with Crippen LogP contribution in [0.3, 0.4) is 0 Å². The average Bonchev–Trinajstić information content (AvgIpc) is 2.78. The monoisotopic (exact) mass is 234 g/mol. The van der Waals surface area contributed by atoms with Crippen LogP contribution in [0.2, 0.25) is 0 Å². The molecule has 0 aliphatic heterocycles. The molecule has 0 unspecified atom stereocenters. The topological polar surface area (TPSA) is 69.2 Å². The Bertz CT molecular complexity index is 437. The van der Waals surface area contributed by atoms with Gasteiger partial charge in [-0.2, -0.15) is 0 Å². The van der Waals surface area contributed by atoms with E-state index in [4.69, 9.17) is 5.73 Å². The molecule has 1 aliphatic carbocycles. The summed E-state index contributed by atoms with van der Waals surface area (Å²) >= 11 is 0. The zero-order valence-corrected chi connectivity index (χ0v) is 10.1. The molecule has 0 atom stereocenters. The summed E-state index contributed by atoms with van der Waals surface area (Å²) in [5.41, 5.74) is 7.83. The SMILES string of the molecule is Cc1cccc([N+](=O)[O-])c1C1(CN)CCCC1. The molecule has 0 radical (unpaired) electrons. The first-order valence-corrected chi connectivity index (χ1v) is 6.05. The standard InChI is InChI=1S/C13H18N2O2/c1-10-5-4-6-11(15(16)17)12(10)13(9-14)7-2-3-8-13/h4-6H,2-3,7-9,14H2,1H3. The number of nitro groups is 1. The van der Waals surface area contributed by atoms with Gasteiger partial charge in [-0.05, 0) is 25.3 Å². The largest absolute Gasteiger partial charge is 0.330 e. The van der Waals surface area contributed by atoms with Crippen molar-refractivity contribution in [2.24, 2.45) is 5.73 Å². The van der Waals surface area contributed by atoms with Crippen LogP contribution in [0.25, 0.3) is 0 Å². The van der Waals surface area contributed by atoms with Gasteiger partial charge in [-0.1, -0.05) is 25.0 Å². The van der Waals surface area contributed by atoms with Crippen LogP contribution in [0.15, 0.2) is 18.2 Å². The highest BCUT2D eigenvalue weighted by atomic mass is 16.6. The summed E-state index contributed by atoms with van der Waals surface area (Å²) in [6.45, 7) is 2.44. The number of benzene rings is 1. The van der Waals surface area contributed by atoms with Crippen molar-refractivity contribution in [1.82, 2.24) is 0 Å². The van der Waals surface area contributed by atoms with Gasteiger partial charge in [0.25, 0.3) is 5.69 Å². The summed E-state index contributed by atoms with van der Waals surface area (Å²) in [6.07, 6.45) is 4.16. The fourth-order valence-corrected chi connectivity index (χ4v) is 3.10. The molecule has 2 N–H and O–H groups in total. The number of nitrogens with zero attached hydrogens (tertiary/aromatic N) is 1. The number of hydrogen-bond donors (Lipinski definition) is 1. The Balaban J connectivity index is 2.60. The molecule has 0 heterocycles. The van der Waals surface area contributed by atoms with Gasteiger partial charge in [0.2, 0.25) is 0 Å². The van der Waals surface area contributed by atoms with Gasteiger partial charge < -0.3 is 5.73 Å². The molecule has 0 amide bonds. The highest BCUT2D eigenvalue weighted by molar-refractivity contribution is 5.50. The van der Waals surface area contributed by atoms with Gasteiger partial charge in [0, 0.05) is 23.6 Å². The molecular weight excluding hydrogens is 216 g/mol. The lowest BCUT2D eigenvalue weighted by atomic mass is 9.76. The van der Waals surface area contributed by atoms with Gasteiger partial charge in [-0.3, -0.25) is 10.1 Å². The molecule has 0 bridgehead atoms. The lowest BCUT2D eigenvalue weighted by molar-refractivity contribution is -0.386. The maximum absolute atomic E-state index is 11.2. The number of rotatable bonds is 3. The van der Waals surface area contributed by atoms with E-state index in [1.807, 2.05) is 13.0 Å². The number of nitro benzene ring substituents is 1. The van der Waals surface area contributed by atoms with Crippen LogP contribution in [0, 0.1) is 17.0 Å². The van der Waals surface area contributed by atoms with Crippen LogP contribution >= 0.6 is 0 Å². The molecule has 92 valence electrons. The van der Waals surface area contributed by atoms with E-state index >= 15 is 0 Å². The van der Waals surface area contributed by atoms with Gasteiger partial charge >= 0.3 is 0 Å². The van der Waals surface area contributed by atoms with Crippen molar-refractivity contribution < 1.29 is 4.92 Å². The molecule has 1 fully saturated rings. The van der Waals surface area contributed by atoms with Crippen LogP contribution in [0.1, 0.15) is 36.8 Å². The minimum Gasteiger partial charge on any atom is -0.330 e. The lowest BCUT2D eigenvalue weighted by Crippen LogP contribution is -2.33. The lowest BCUT2D eigenvalue weighted by Gasteiger charge is -2.29. The summed E-state index contributed by atoms with van der Waals surface area (Å²) < 4.78 is 0. The van der Waals surface area contributed by atoms with E-state index in [1.54, 1.807) is 12.1 Å². The van der Waals surface area contributed by atoms with Crippen molar-refractivity contribution in [2.75, 3.05) is 6.54 Å². The minimum absolute atomic E-state index is 0.173. The fourth-order valence-electron chi connectivity index (χ4n) is 3.10. The molecule has 0 saturated heterocycles. The van der Waals surface area contributed by atoms with Crippen LogP contribution in [0.4, 0.5) is 5.69 Å². The van der Waals surface area contributed by atoms with Crippen molar-refractivity contribution in [1.29, 1.82) is 0 Å². The van der Waals surface area contributed by atoms with Crippen LogP contribution in [-0.4, -0.2) is 11.5 Å². The maximum Gasteiger partial charge on any atom is 0.273 e. The van der Waals surface area contributed by atoms with E-state index in [9.17, 15) is 10.1 Å². The molecule has 17 heavy (non-hydrogen) atoms. The van der Waals surface area contributed by atoms with E-state index in [0.717, 1.165) is 36.8 Å². The Labute approximate surface area is 101 Å². The molecule has 4 nitrogen and oxygen atoms in total. The normalized spacial score (nSPS) is 18.2. The van der Waals surface area contributed by atoms with Gasteiger partial charge in [0.15, 0.2) is 0 Å². The molecule has 1 aromatic carbocycles. The molecular formula is C13H18N2O2. The molecule has 1 aliphatic rings. The Hall–Kier alpha value is -1.42. The smallest absolute Gasteiger partial charge is 0.273 e. The fraction of sp³-hybridized carbons (Fsp3) is 0.538. The first kappa shape index (κ1) is 12.0. The molecule has 0 spiro atoms. The molecule has 0 aromatic heterocycles. The van der Waals surface area contributed by atoms with Gasteiger partial charge in [0.1, 0.15) is 0 Å². The summed E-state index contributed by atoms with van der Waals surface area (Å²) in [5, 5.41) is 11.2. The first-order valence-electron chi connectivity index (χ1n) is 6.05. The van der Waals surface area contributed by atoms with Crippen molar-refractivity contribution in [3.8, 4) is 0 Å². The minimum atomic E-state index is -0.280. The maximum atomic E-state index is 11.2. The zero-order valence-electron chi connectivity index (χ0n) is 10.1. The van der Waals surface area contributed by atoms with Crippen LogP contribution in [-0.2, 0) is 5.41 Å². The summed E-state index contributed by atoms with van der Waals surface area (Å²) in [7, 11) is 0. The predicted octanol–water partition coefficient (Wildman–Crippen LogP) is 2.67. The third-order valence-corrected chi connectivity index (χ3v) is 3.93. The highest BCUT2D eigenvalue weighted by Crippen LogP contribution is 2.45. The third-order valence-electron chi connectivity index (χ3n) is 3.93. The van der Waals surface area contributed by atoms with Gasteiger partial charge in [-0.25, -0.2) is 0 Å². The molecule has 1 aromatic rings. The third kappa shape index (κ3) is 1.93. The summed E-state index contributed by atoms with van der Waals surface area (Å²) in [6, 6.07) is 5.28. The molecule has 1 saturated carbocycles. The van der Waals surface area contributed by atoms with Crippen LogP contribution < -0.4 is 5.73 Å². The zero-order chi connectivity index (χ0) is 12.5. The van der Waals surface area contributed by atoms with Crippen molar-refractivity contribution in [3.63, 3.8) is 0 Å². The van der Waals surface area contributed by atoms with Gasteiger partial charge in [0.05, 0.1) is 4.92 Å². The second kappa shape index (κ2) is 4.45. The second-order valence-electron chi connectivity index (χ2n) is 4.92. The predicted molar refractivity (Wildman–Crippen MR) is 67.0 cm³/mol. The van der Waals surface area contributed by atoms with Crippen molar-refractivity contribution in [3.05, 3.63) is 39.4 Å². The van der Waals surface area contributed by atoms with Gasteiger partial charge in [-0.15, -0.1) is 0 Å². The van der Waals surface area contributed by atoms with Crippen LogP contribution in [0.5, 0.6) is 0 Å². The average molecular weight is 234 g/mol. The van der Waals surface area contributed by atoms with E-state index in [0.29, 0.717) is 6.54 Å². The van der Waals surface area contributed by atoms with Crippen molar-refractivity contribution >= 4 is 5.69 Å². The molecule has 4 heteroatoms. The number of aryl methyl sites for hydroxylation is 1. The second-order valence-corrected chi connectivity index (χ2v) is 4.92. The van der Waals surface area contributed by atoms with E-state index in [-0.39, 0.29) is 16.0 Å². The Morgan fingerprint density at radius 2 is 2.06 bits per heavy atom. The first-order chi connectivity index (χ1) is 8.10. The number of nitrogens with two attached hydrogens (primary N) is 1. The van der Waals surface area contributed by atoms with Crippen molar-refractivity contribution in [2.45, 2.75) is 38.0 Å². The highest BCUT2D eigenvalue weighted by Gasteiger charge is 2.40.